The van der Waals surface area contributed by atoms with E-state index in [1.807, 2.05) is 0 Å². The van der Waals surface area contributed by atoms with Gasteiger partial charge in [-0.25, -0.2) is 4.79 Å². The van der Waals surface area contributed by atoms with Gasteiger partial charge in [0.05, 0.1) is 12.8 Å². The van der Waals surface area contributed by atoms with Crippen LogP contribution in [0.25, 0.3) is 0 Å². The molecule has 0 aromatic heterocycles. The zero-order valence-corrected chi connectivity index (χ0v) is 8.54. The molecule has 0 aliphatic carbocycles. The lowest BCUT2D eigenvalue weighted by molar-refractivity contribution is -0.268. The van der Waals surface area contributed by atoms with Crippen LogP contribution in [0.2, 0.25) is 0 Å². The highest BCUT2D eigenvalue weighted by Crippen LogP contribution is 2.51. The summed E-state index contributed by atoms with van der Waals surface area (Å²) >= 11 is 0. The minimum Gasteiger partial charge on any atom is -0.868 e. The van der Waals surface area contributed by atoms with E-state index in [0.29, 0.717) is 0 Å². The summed E-state index contributed by atoms with van der Waals surface area (Å²) in [6.07, 6.45) is -1.39. The van der Waals surface area contributed by atoms with Crippen LogP contribution >= 0.6 is 0 Å². The summed E-state index contributed by atoms with van der Waals surface area (Å²) < 4.78 is 4.09. The smallest absolute Gasteiger partial charge is 0.438 e. The number of phenolic OH excluding ortho intramolecular Hbond substituents is 3. The number of ether oxygens (including phenoxy) is 1. The molecule has 1 amide bonds. The molecular formula is C8H9N2O7-. The van der Waals surface area contributed by atoms with E-state index in [4.69, 9.17) is 5.73 Å². The third-order valence-electron chi connectivity index (χ3n) is 1.95. The molecule has 1 aromatic carbocycles. The second-order valence-electron chi connectivity index (χ2n) is 2.92. The molecule has 1 rings (SSSR count). The van der Waals surface area contributed by atoms with E-state index in [1.165, 1.54) is 0 Å². The number of carbonyl (C=O) groups excluding carboxylic acids is 1. The van der Waals surface area contributed by atoms with Crippen LogP contribution in [0.4, 0.5) is 16.2 Å². The first kappa shape index (κ1) is 12.5. The molecular weight excluding hydrogens is 236 g/mol. The summed E-state index contributed by atoms with van der Waals surface area (Å²) in [4.78, 5) is 10.9. The van der Waals surface area contributed by atoms with E-state index in [2.05, 4.69) is 4.74 Å². The highest BCUT2D eigenvalue weighted by atomic mass is 16.6. The van der Waals surface area contributed by atoms with Gasteiger partial charge in [0.2, 0.25) is 0 Å². The van der Waals surface area contributed by atoms with E-state index < -0.39 is 40.5 Å². The van der Waals surface area contributed by atoms with Crippen molar-refractivity contribution in [2.75, 3.05) is 17.9 Å². The fourth-order valence-corrected chi connectivity index (χ4v) is 1.07. The van der Waals surface area contributed by atoms with Gasteiger partial charge in [0.15, 0.2) is 17.2 Å². The Bertz CT molecular complexity index is 444. The third-order valence-corrected chi connectivity index (χ3v) is 1.95. The van der Waals surface area contributed by atoms with Crippen LogP contribution in [0.1, 0.15) is 0 Å². The molecule has 17 heavy (non-hydrogen) atoms. The number of nitrogens with zero attached hydrogens (tertiary/aromatic N) is 1. The highest BCUT2D eigenvalue weighted by molar-refractivity contribution is 5.94. The predicted molar refractivity (Wildman–Crippen MR) is 52.0 cm³/mol. The summed E-state index contributed by atoms with van der Waals surface area (Å²) in [6, 6.07) is 0. The van der Waals surface area contributed by atoms with E-state index >= 15 is 0 Å². The van der Waals surface area contributed by atoms with Crippen LogP contribution in [0.15, 0.2) is 0 Å². The van der Waals surface area contributed by atoms with Crippen molar-refractivity contribution < 1.29 is 35.2 Å². The van der Waals surface area contributed by atoms with Crippen LogP contribution in [0, 0.1) is 0 Å². The first-order valence-electron chi connectivity index (χ1n) is 4.13. The standard InChI is InChI=1S/C8H10N2O7/c1-17-8(15)10(16)3-6(13)4(11)2(9)5(12)7(3)14/h11-14,16H,9H2,1H3/p-1. The second-order valence-corrected chi connectivity index (χ2v) is 2.92. The van der Waals surface area contributed by atoms with E-state index in [1.54, 1.807) is 0 Å². The van der Waals surface area contributed by atoms with Gasteiger partial charge < -0.3 is 30.9 Å². The maximum atomic E-state index is 11.2. The van der Waals surface area contributed by atoms with Crippen molar-refractivity contribution in [2.24, 2.45) is 0 Å². The summed E-state index contributed by atoms with van der Waals surface area (Å²) in [5.74, 6) is -4.65. The maximum Gasteiger partial charge on any atom is 0.438 e. The Morgan fingerprint density at radius 2 is 1.82 bits per heavy atom. The fourth-order valence-electron chi connectivity index (χ4n) is 1.07. The van der Waals surface area contributed by atoms with Crippen molar-refractivity contribution in [3.63, 3.8) is 0 Å². The number of nitrogens with two attached hydrogens (primary N) is 1. The van der Waals surface area contributed by atoms with Gasteiger partial charge >= 0.3 is 6.09 Å². The minimum atomic E-state index is -1.39. The molecule has 0 aliphatic heterocycles. The van der Waals surface area contributed by atoms with Gasteiger partial charge in [-0.15, -0.1) is 5.06 Å². The number of aromatic hydroxyl groups is 3. The Kier molecular flexibility index (Phi) is 3.05. The van der Waals surface area contributed by atoms with Crippen LogP contribution in [0.3, 0.4) is 0 Å². The zero-order valence-electron chi connectivity index (χ0n) is 8.54. The fraction of sp³-hybridized carbons (Fsp3) is 0.125. The van der Waals surface area contributed by atoms with Crippen LogP contribution < -0.4 is 15.9 Å². The van der Waals surface area contributed by atoms with Crippen molar-refractivity contribution >= 4 is 17.5 Å². The van der Waals surface area contributed by atoms with Crippen molar-refractivity contribution in [1.29, 1.82) is 0 Å². The summed E-state index contributed by atoms with van der Waals surface area (Å²) in [5, 5.41) is 48.0. The molecule has 0 saturated heterocycles. The molecule has 0 aliphatic rings. The number of anilines is 2. The lowest BCUT2D eigenvalue weighted by Crippen LogP contribution is -2.27. The number of hydrogen-bond donors (Lipinski definition) is 5. The number of carbonyl (C=O) groups is 1. The monoisotopic (exact) mass is 245 g/mol. The van der Waals surface area contributed by atoms with Crippen molar-refractivity contribution in [3.05, 3.63) is 0 Å². The molecule has 0 spiro atoms. The second kappa shape index (κ2) is 4.14. The zero-order chi connectivity index (χ0) is 13.3. The Morgan fingerprint density at radius 1 is 1.29 bits per heavy atom. The first-order valence-corrected chi connectivity index (χ1v) is 4.13. The summed E-state index contributed by atoms with van der Waals surface area (Å²) in [6.45, 7) is 0. The molecule has 0 heterocycles. The Hall–Kier alpha value is -2.55. The Labute approximate surface area is 94.5 Å². The van der Waals surface area contributed by atoms with E-state index in [0.717, 1.165) is 7.11 Å². The van der Waals surface area contributed by atoms with Gasteiger partial charge in [-0.05, 0) is 5.75 Å². The molecule has 0 unspecified atom stereocenters. The van der Waals surface area contributed by atoms with Gasteiger partial charge in [-0.1, -0.05) is 0 Å². The number of hydrogen-bond acceptors (Lipinski definition) is 8. The average Bonchev–Trinajstić information content (AvgIpc) is 2.32. The van der Waals surface area contributed by atoms with E-state index in [9.17, 15) is 30.4 Å². The number of amides is 1. The van der Waals surface area contributed by atoms with Gasteiger partial charge in [0.25, 0.3) is 0 Å². The SMILES string of the molecule is COC(=O)N(O)c1c(O)c([O-])c(N)c(O)c1O. The maximum absolute atomic E-state index is 11.2. The Morgan fingerprint density at radius 3 is 2.29 bits per heavy atom. The normalized spacial score (nSPS) is 10.0. The number of rotatable bonds is 1. The predicted octanol–water partition coefficient (Wildman–Crippen LogP) is -0.579. The molecule has 6 N–H and O–H groups in total. The molecule has 9 heteroatoms. The molecule has 0 fully saturated rings. The van der Waals surface area contributed by atoms with Crippen LogP contribution in [-0.4, -0.2) is 33.7 Å². The lowest BCUT2D eigenvalue weighted by atomic mass is 10.2. The number of benzene rings is 1. The van der Waals surface area contributed by atoms with Gasteiger partial charge in [0, 0.05) is 0 Å². The van der Waals surface area contributed by atoms with Crippen molar-refractivity contribution in [1.82, 2.24) is 0 Å². The Balaban J connectivity index is 3.49. The summed E-state index contributed by atoms with van der Waals surface area (Å²) in [7, 11) is 0.912. The van der Waals surface area contributed by atoms with Crippen LogP contribution in [0.5, 0.6) is 23.0 Å². The quantitative estimate of drug-likeness (QED) is 0.144. The first-order chi connectivity index (χ1) is 7.82. The number of phenols is 3. The number of methoxy groups -OCH3 is 1. The molecule has 0 bridgehead atoms. The van der Waals surface area contributed by atoms with Gasteiger partial charge in [-0.3, -0.25) is 5.21 Å². The molecule has 94 valence electrons. The number of nitrogen functional groups attached to an aromatic ring is 1. The molecule has 9 nitrogen and oxygen atoms in total. The molecule has 0 radical (unpaired) electrons. The summed E-state index contributed by atoms with van der Waals surface area (Å²) in [5.41, 5.74) is 3.22. The van der Waals surface area contributed by atoms with Crippen molar-refractivity contribution in [3.8, 4) is 23.0 Å². The average molecular weight is 245 g/mol. The van der Waals surface area contributed by atoms with Crippen molar-refractivity contribution in [2.45, 2.75) is 0 Å². The topological polar surface area (TPSA) is 160 Å². The van der Waals surface area contributed by atoms with Gasteiger partial charge in [0.1, 0.15) is 5.75 Å². The van der Waals surface area contributed by atoms with E-state index in [-0.39, 0.29) is 5.06 Å². The molecule has 0 atom stereocenters. The minimum absolute atomic E-state index is 0.342. The molecule has 0 saturated carbocycles. The highest BCUT2D eigenvalue weighted by Gasteiger charge is 2.26. The third kappa shape index (κ3) is 1.78. The van der Waals surface area contributed by atoms with Gasteiger partial charge in [-0.2, -0.15) is 0 Å². The lowest BCUT2D eigenvalue weighted by Gasteiger charge is -2.22. The largest absolute Gasteiger partial charge is 0.868 e. The van der Waals surface area contributed by atoms with Crippen LogP contribution in [-0.2, 0) is 4.74 Å². The number of hydroxylamine groups is 1. The molecule has 1 aromatic rings.